The summed E-state index contributed by atoms with van der Waals surface area (Å²) in [5.74, 6) is -0.454. The third-order valence-electron chi connectivity index (χ3n) is 2.70. The molecule has 7 nitrogen and oxygen atoms in total. The number of nitrogens with one attached hydrogen (secondary N) is 2. The molecule has 0 aliphatic heterocycles. The molecule has 2 aromatic rings. The van der Waals surface area contributed by atoms with Crippen LogP contribution in [-0.4, -0.2) is 41.5 Å². The summed E-state index contributed by atoms with van der Waals surface area (Å²) in [4.78, 5) is 23.5. The lowest BCUT2D eigenvalue weighted by molar-refractivity contribution is -0.113. The van der Waals surface area contributed by atoms with E-state index in [0.29, 0.717) is 27.3 Å². The van der Waals surface area contributed by atoms with E-state index in [2.05, 4.69) is 32.1 Å². The fourth-order valence-corrected chi connectivity index (χ4v) is 3.22. The van der Waals surface area contributed by atoms with Crippen LogP contribution in [0, 0.1) is 0 Å². The molecule has 1 amide bonds. The molecular weight excluding hydrogens is 348 g/mol. The lowest BCUT2D eigenvalue weighted by atomic mass is 10.2. The van der Waals surface area contributed by atoms with E-state index in [1.165, 1.54) is 30.2 Å². The number of carbonyl (C=O) groups is 2. The Bertz CT molecular complexity index is 733. The first-order valence-corrected chi connectivity index (χ1v) is 8.72. The summed E-state index contributed by atoms with van der Waals surface area (Å²) in [6.07, 6.45) is 1.73. The minimum atomic E-state index is -0.450. The predicted molar refractivity (Wildman–Crippen MR) is 95.7 cm³/mol. The highest BCUT2D eigenvalue weighted by Gasteiger charge is 2.10. The number of anilines is 2. The van der Waals surface area contributed by atoms with Gasteiger partial charge in [-0.05, 0) is 18.2 Å². The fourth-order valence-electron chi connectivity index (χ4n) is 1.67. The van der Waals surface area contributed by atoms with Crippen molar-refractivity contribution in [1.29, 1.82) is 0 Å². The molecule has 0 aliphatic rings. The number of hydrogen-bond acceptors (Lipinski definition) is 8. The van der Waals surface area contributed by atoms with Gasteiger partial charge in [0.05, 0.1) is 18.4 Å². The van der Waals surface area contributed by atoms with Gasteiger partial charge in [0.1, 0.15) is 0 Å². The molecule has 0 saturated carbocycles. The van der Waals surface area contributed by atoms with E-state index in [1.807, 2.05) is 0 Å². The minimum absolute atomic E-state index is 0.193. The smallest absolute Gasteiger partial charge is 0.337 e. The van der Waals surface area contributed by atoms with Crippen molar-refractivity contribution in [2.75, 3.05) is 30.0 Å². The quantitative estimate of drug-likeness (QED) is 0.422. The Kier molecular flexibility index (Phi) is 6.76. The molecule has 9 heteroatoms. The van der Waals surface area contributed by atoms with Crippen LogP contribution in [-0.2, 0) is 9.53 Å². The molecular formula is C15H16N4O3S2. The molecule has 2 rings (SSSR count). The Morgan fingerprint density at radius 1 is 1.42 bits per heavy atom. The number of esters is 1. The molecule has 0 bridgehead atoms. The number of hydrogen-bond donors (Lipinski definition) is 2. The van der Waals surface area contributed by atoms with Crippen molar-refractivity contribution >= 4 is 45.8 Å². The van der Waals surface area contributed by atoms with Crippen molar-refractivity contribution in [2.24, 2.45) is 0 Å². The van der Waals surface area contributed by atoms with Crippen molar-refractivity contribution in [3.8, 4) is 0 Å². The van der Waals surface area contributed by atoms with E-state index in [1.54, 1.807) is 30.3 Å². The number of ether oxygens (including phenoxy) is 1. The molecule has 1 aromatic carbocycles. The SMILES string of the molecule is C=CCNc1nnc(SCC(=O)Nc2cccc(C(=O)OC)c2)s1. The third kappa shape index (κ3) is 5.36. The van der Waals surface area contributed by atoms with Crippen LogP contribution in [0.4, 0.5) is 10.8 Å². The van der Waals surface area contributed by atoms with Crippen LogP contribution < -0.4 is 10.6 Å². The van der Waals surface area contributed by atoms with Gasteiger partial charge in [-0.25, -0.2) is 4.79 Å². The van der Waals surface area contributed by atoms with Gasteiger partial charge >= 0.3 is 5.97 Å². The molecule has 24 heavy (non-hydrogen) atoms. The zero-order valence-electron chi connectivity index (χ0n) is 12.9. The first-order valence-electron chi connectivity index (χ1n) is 6.91. The minimum Gasteiger partial charge on any atom is -0.465 e. The van der Waals surface area contributed by atoms with E-state index < -0.39 is 5.97 Å². The molecule has 1 heterocycles. The molecule has 1 aromatic heterocycles. The maximum Gasteiger partial charge on any atom is 0.337 e. The van der Waals surface area contributed by atoms with Crippen molar-refractivity contribution in [2.45, 2.75) is 4.34 Å². The molecule has 0 fully saturated rings. The van der Waals surface area contributed by atoms with Crippen LogP contribution in [0.25, 0.3) is 0 Å². The van der Waals surface area contributed by atoms with Crippen LogP contribution in [0.1, 0.15) is 10.4 Å². The summed E-state index contributed by atoms with van der Waals surface area (Å²) in [7, 11) is 1.31. The second kappa shape index (κ2) is 9.04. The zero-order valence-corrected chi connectivity index (χ0v) is 14.6. The summed E-state index contributed by atoms with van der Waals surface area (Å²) in [6.45, 7) is 4.22. The summed E-state index contributed by atoms with van der Waals surface area (Å²) >= 11 is 2.66. The average Bonchev–Trinajstić information content (AvgIpc) is 3.05. The number of amides is 1. The molecule has 0 atom stereocenters. The maximum atomic E-state index is 12.0. The van der Waals surface area contributed by atoms with Crippen LogP contribution in [0.5, 0.6) is 0 Å². The number of nitrogens with zero attached hydrogens (tertiary/aromatic N) is 2. The lowest BCUT2D eigenvalue weighted by Crippen LogP contribution is -2.14. The maximum absolute atomic E-state index is 12.0. The molecule has 2 N–H and O–H groups in total. The molecule has 126 valence electrons. The van der Waals surface area contributed by atoms with Crippen LogP contribution in [0.2, 0.25) is 0 Å². The van der Waals surface area contributed by atoms with Gasteiger partial charge in [-0.3, -0.25) is 4.79 Å². The van der Waals surface area contributed by atoms with Gasteiger partial charge in [0, 0.05) is 12.2 Å². The van der Waals surface area contributed by atoms with Gasteiger partial charge in [-0.2, -0.15) is 0 Å². The topological polar surface area (TPSA) is 93.2 Å². The number of aromatic nitrogens is 2. The normalized spacial score (nSPS) is 10.0. The molecule has 0 radical (unpaired) electrons. The van der Waals surface area contributed by atoms with Gasteiger partial charge in [-0.1, -0.05) is 35.2 Å². The highest BCUT2D eigenvalue weighted by molar-refractivity contribution is 8.01. The highest BCUT2D eigenvalue weighted by Crippen LogP contribution is 2.25. The first kappa shape index (κ1) is 18.0. The van der Waals surface area contributed by atoms with E-state index >= 15 is 0 Å². The van der Waals surface area contributed by atoms with Crippen LogP contribution >= 0.6 is 23.1 Å². The second-order valence-corrected chi connectivity index (χ2v) is 6.65. The van der Waals surface area contributed by atoms with Crippen molar-refractivity contribution in [3.63, 3.8) is 0 Å². The van der Waals surface area contributed by atoms with E-state index in [-0.39, 0.29) is 11.7 Å². The van der Waals surface area contributed by atoms with Crippen LogP contribution in [0.15, 0.2) is 41.3 Å². The average molecular weight is 364 g/mol. The van der Waals surface area contributed by atoms with Gasteiger partial charge in [-0.15, -0.1) is 16.8 Å². The number of thioether (sulfide) groups is 1. The summed E-state index contributed by atoms with van der Waals surface area (Å²) in [5.41, 5.74) is 0.916. The molecule has 0 spiro atoms. The predicted octanol–water partition coefficient (Wildman–Crippen LogP) is 2.65. The van der Waals surface area contributed by atoms with Crippen molar-refractivity contribution in [1.82, 2.24) is 10.2 Å². The Morgan fingerprint density at radius 3 is 3.00 bits per heavy atom. The van der Waals surface area contributed by atoms with Gasteiger partial charge in [0.2, 0.25) is 11.0 Å². The van der Waals surface area contributed by atoms with Crippen molar-refractivity contribution < 1.29 is 14.3 Å². The summed E-state index contributed by atoms with van der Waals surface area (Å²) in [6, 6.07) is 6.57. The number of rotatable bonds is 8. The Labute approximate surface area is 147 Å². The Morgan fingerprint density at radius 2 is 2.25 bits per heavy atom. The highest BCUT2D eigenvalue weighted by atomic mass is 32.2. The van der Waals surface area contributed by atoms with Gasteiger partial charge < -0.3 is 15.4 Å². The number of carbonyl (C=O) groups excluding carboxylic acids is 2. The van der Waals surface area contributed by atoms with Crippen LogP contribution in [0.3, 0.4) is 0 Å². The fraction of sp³-hybridized carbons (Fsp3) is 0.200. The van der Waals surface area contributed by atoms with Crippen molar-refractivity contribution in [3.05, 3.63) is 42.5 Å². The van der Waals surface area contributed by atoms with E-state index in [0.717, 1.165) is 0 Å². The van der Waals surface area contributed by atoms with Gasteiger partial charge in [0.15, 0.2) is 4.34 Å². The third-order valence-corrected chi connectivity index (χ3v) is 4.71. The van der Waals surface area contributed by atoms with E-state index in [4.69, 9.17) is 0 Å². The number of methoxy groups -OCH3 is 1. The standard InChI is InChI=1S/C15H16N4O3S2/c1-3-7-16-14-18-19-15(24-14)23-9-12(20)17-11-6-4-5-10(8-11)13(21)22-2/h3-6,8H,1,7,9H2,2H3,(H,16,18)(H,17,20). The Balaban J connectivity index is 1.86. The van der Waals surface area contributed by atoms with Gasteiger partial charge in [0.25, 0.3) is 0 Å². The number of benzene rings is 1. The summed E-state index contributed by atoms with van der Waals surface area (Å²) < 4.78 is 5.34. The largest absolute Gasteiger partial charge is 0.465 e. The summed E-state index contributed by atoms with van der Waals surface area (Å²) in [5, 5.41) is 14.4. The molecule has 0 saturated heterocycles. The molecule has 0 aliphatic carbocycles. The lowest BCUT2D eigenvalue weighted by Gasteiger charge is -2.06. The van der Waals surface area contributed by atoms with E-state index in [9.17, 15) is 9.59 Å². The Hall–Kier alpha value is -2.39. The second-order valence-electron chi connectivity index (χ2n) is 4.45. The molecule has 0 unspecified atom stereocenters. The first-order chi connectivity index (χ1) is 11.6. The monoisotopic (exact) mass is 364 g/mol. The zero-order chi connectivity index (χ0) is 17.4.